The number of ether oxygens (including phenoxy) is 2. The number of anilines is 1. The second-order valence-electron chi connectivity index (χ2n) is 6.13. The zero-order chi connectivity index (χ0) is 18.8. The molecule has 2 aromatic rings. The lowest BCUT2D eigenvalue weighted by Crippen LogP contribution is -2.38. The summed E-state index contributed by atoms with van der Waals surface area (Å²) >= 11 is 5.15. The van der Waals surface area contributed by atoms with E-state index in [0.29, 0.717) is 34.9 Å². The van der Waals surface area contributed by atoms with Gasteiger partial charge >= 0.3 is 11.8 Å². The normalized spacial score (nSPS) is 17.6. The van der Waals surface area contributed by atoms with E-state index in [-0.39, 0.29) is 6.04 Å². The highest BCUT2D eigenvalue weighted by molar-refractivity contribution is 9.10. The van der Waals surface area contributed by atoms with Crippen LogP contribution in [-0.4, -0.2) is 30.8 Å². The molecular weight excluding hydrogens is 432 g/mol. The van der Waals surface area contributed by atoms with E-state index in [0.717, 1.165) is 22.6 Å². The number of carbonyl (C=O) groups is 2. The number of carbonyl (C=O) groups excluding carboxylic acids is 2. The van der Waals surface area contributed by atoms with E-state index in [1.807, 2.05) is 24.3 Å². The third-order valence-electron chi connectivity index (χ3n) is 4.35. The fourth-order valence-corrected chi connectivity index (χ4v) is 4.60. The monoisotopic (exact) mass is 448 g/mol. The van der Waals surface area contributed by atoms with Gasteiger partial charge in [0.2, 0.25) is 0 Å². The van der Waals surface area contributed by atoms with E-state index in [9.17, 15) is 9.59 Å². The molecule has 0 fully saturated rings. The van der Waals surface area contributed by atoms with Crippen molar-refractivity contribution in [1.29, 1.82) is 0 Å². The highest BCUT2D eigenvalue weighted by Gasteiger charge is 2.25. The first-order chi connectivity index (χ1) is 13.1. The fourth-order valence-electron chi connectivity index (χ4n) is 3.05. The molecule has 2 heterocycles. The molecule has 2 aliphatic rings. The van der Waals surface area contributed by atoms with Gasteiger partial charge in [-0.25, -0.2) is 0 Å². The minimum absolute atomic E-state index is 0.163. The lowest BCUT2D eigenvalue weighted by atomic mass is 10.0. The Balaban J connectivity index is 1.46. The molecule has 0 unspecified atom stereocenters. The van der Waals surface area contributed by atoms with Crippen molar-refractivity contribution < 1.29 is 19.1 Å². The smallest absolute Gasteiger partial charge is 0.313 e. The molecular formula is C19H17BrN2O4S. The van der Waals surface area contributed by atoms with Crippen LogP contribution in [0.1, 0.15) is 18.0 Å². The SMILES string of the molecule is O=C(Nc1cc2c(cc1Br)OCCO2)C(=O)N[C@@H]1CCSc2ccccc21. The predicted octanol–water partition coefficient (Wildman–Crippen LogP) is 3.51. The molecule has 0 saturated carbocycles. The summed E-state index contributed by atoms with van der Waals surface area (Å²) in [5.41, 5.74) is 1.51. The number of benzene rings is 2. The van der Waals surface area contributed by atoms with E-state index in [4.69, 9.17) is 9.47 Å². The zero-order valence-corrected chi connectivity index (χ0v) is 16.7. The molecule has 27 heavy (non-hydrogen) atoms. The van der Waals surface area contributed by atoms with Crippen LogP contribution in [0, 0.1) is 0 Å². The first kappa shape index (κ1) is 18.2. The summed E-state index contributed by atoms with van der Waals surface area (Å²) in [7, 11) is 0. The van der Waals surface area contributed by atoms with Gasteiger partial charge in [-0.05, 0) is 34.0 Å². The van der Waals surface area contributed by atoms with Gasteiger partial charge in [-0.15, -0.1) is 11.8 Å². The number of hydrogen-bond acceptors (Lipinski definition) is 5. The van der Waals surface area contributed by atoms with E-state index < -0.39 is 11.8 Å². The van der Waals surface area contributed by atoms with Crippen molar-refractivity contribution in [2.45, 2.75) is 17.4 Å². The Morgan fingerprint density at radius 2 is 1.81 bits per heavy atom. The van der Waals surface area contributed by atoms with Gasteiger partial charge in [-0.3, -0.25) is 9.59 Å². The van der Waals surface area contributed by atoms with Crippen LogP contribution < -0.4 is 20.1 Å². The first-order valence-corrected chi connectivity index (χ1v) is 10.3. The molecule has 0 saturated heterocycles. The van der Waals surface area contributed by atoms with Crippen LogP contribution in [0.4, 0.5) is 5.69 Å². The minimum Gasteiger partial charge on any atom is -0.486 e. The quantitative estimate of drug-likeness (QED) is 0.687. The van der Waals surface area contributed by atoms with Crippen LogP contribution in [0.5, 0.6) is 11.5 Å². The molecule has 4 rings (SSSR count). The Labute approximate surface area is 169 Å². The minimum atomic E-state index is -0.719. The molecule has 0 spiro atoms. The van der Waals surface area contributed by atoms with Crippen molar-refractivity contribution in [3.05, 3.63) is 46.4 Å². The number of hydrogen-bond donors (Lipinski definition) is 2. The third-order valence-corrected chi connectivity index (χ3v) is 6.13. The number of amides is 2. The van der Waals surface area contributed by atoms with Gasteiger partial charge in [0.15, 0.2) is 11.5 Å². The van der Waals surface area contributed by atoms with Crippen LogP contribution in [0.2, 0.25) is 0 Å². The summed E-state index contributed by atoms with van der Waals surface area (Å²) in [6.45, 7) is 0.927. The van der Waals surface area contributed by atoms with Crippen molar-refractivity contribution in [2.24, 2.45) is 0 Å². The molecule has 0 radical (unpaired) electrons. The maximum Gasteiger partial charge on any atom is 0.313 e. The summed E-state index contributed by atoms with van der Waals surface area (Å²) in [5.74, 6) is 0.661. The van der Waals surface area contributed by atoms with E-state index in [1.165, 1.54) is 0 Å². The summed E-state index contributed by atoms with van der Waals surface area (Å²) in [5, 5.41) is 5.48. The molecule has 6 nitrogen and oxygen atoms in total. The number of rotatable bonds is 2. The maximum atomic E-state index is 12.4. The zero-order valence-electron chi connectivity index (χ0n) is 14.3. The van der Waals surface area contributed by atoms with Gasteiger partial charge in [0.25, 0.3) is 0 Å². The molecule has 0 bridgehead atoms. The molecule has 2 N–H and O–H groups in total. The third kappa shape index (κ3) is 3.91. The van der Waals surface area contributed by atoms with Crippen molar-refractivity contribution in [2.75, 3.05) is 24.3 Å². The standard InChI is InChI=1S/C19H17BrN2O4S/c20-12-9-15-16(26-7-6-25-15)10-14(12)22-19(24)18(23)21-13-5-8-27-17-4-2-1-3-11(13)17/h1-4,9-10,13H,5-8H2,(H,21,23)(H,22,24)/t13-/m1/s1. The first-order valence-electron chi connectivity index (χ1n) is 8.54. The van der Waals surface area contributed by atoms with Gasteiger partial charge in [0.05, 0.1) is 11.7 Å². The Hall–Kier alpha value is -2.19. The lowest BCUT2D eigenvalue weighted by Gasteiger charge is -2.25. The molecule has 8 heteroatoms. The Morgan fingerprint density at radius 1 is 1.07 bits per heavy atom. The second kappa shape index (κ2) is 7.82. The summed E-state index contributed by atoms with van der Waals surface area (Å²) in [6.07, 6.45) is 0.786. The van der Waals surface area contributed by atoms with Gasteiger partial charge in [-0.1, -0.05) is 18.2 Å². The summed E-state index contributed by atoms with van der Waals surface area (Å²) in [6, 6.07) is 11.1. The van der Waals surface area contributed by atoms with Crippen LogP contribution in [0.15, 0.2) is 45.8 Å². The van der Waals surface area contributed by atoms with Crippen molar-refractivity contribution in [1.82, 2.24) is 5.32 Å². The van der Waals surface area contributed by atoms with Gasteiger partial charge in [-0.2, -0.15) is 0 Å². The van der Waals surface area contributed by atoms with E-state index in [2.05, 4.69) is 26.6 Å². The average Bonchev–Trinajstić information content (AvgIpc) is 2.68. The summed E-state index contributed by atoms with van der Waals surface area (Å²) < 4.78 is 11.6. The van der Waals surface area contributed by atoms with Gasteiger partial charge in [0.1, 0.15) is 13.2 Å². The van der Waals surface area contributed by atoms with Gasteiger partial charge < -0.3 is 20.1 Å². The predicted molar refractivity (Wildman–Crippen MR) is 106 cm³/mol. The van der Waals surface area contributed by atoms with Crippen LogP contribution in [-0.2, 0) is 9.59 Å². The second-order valence-corrected chi connectivity index (χ2v) is 8.12. The largest absolute Gasteiger partial charge is 0.486 e. The molecule has 140 valence electrons. The van der Waals surface area contributed by atoms with Crippen LogP contribution >= 0.6 is 27.7 Å². The van der Waals surface area contributed by atoms with Crippen molar-refractivity contribution in [3.8, 4) is 11.5 Å². The Bertz CT molecular complexity index is 905. The summed E-state index contributed by atoms with van der Waals surface area (Å²) in [4.78, 5) is 26.0. The molecule has 2 aliphatic heterocycles. The molecule has 1 atom stereocenters. The lowest BCUT2D eigenvalue weighted by molar-refractivity contribution is -0.136. The van der Waals surface area contributed by atoms with Crippen LogP contribution in [0.3, 0.4) is 0 Å². The topological polar surface area (TPSA) is 76.7 Å². The number of thioether (sulfide) groups is 1. The molecule has 2 amide bonds. The average molecular weight is 449 g/mol. The molecule has 0 aliphatic carbocycles. The maximum absolute atomic E-state index is 12.4. The highest BCUT2D eigenvalue weighted by atomic mass is 79.9. The number of nitrogens with one attached hydrogen (secondary N) is 2. The number of fused-ring (bicyclic) bond motifs is 2. The van der Waals surface area contributed by atoms with Gasteiger partial charge in [0, 0.05) is 27.3 Å². The van der Waals surface area contributed by atoms with Crippen molar-refractivity contribution >= 4 is 45.2 Å². The Kier molecular flexibility index (Phi) is 5.27. The Morgan fingerprint density at radius 3 is 2.63 bits per heavy atom. The highest BCUT2D eigenvalue weighted by Crippen LogP contribution is 2.38. The fraction of sp³-hybridized carbons (Fsp3) is 0.263. The van der Waals surface area contributed by atoms with Crippen LogP contribution in [0.25, 0.3) is 0 Å². The number of halogens is 1. The molecule has 0 aromatic heterocycles. The molecule has 2 aromatic carbocycles. The van der Waals surface area contributed by atoms with Crippen molar-refractivity contribution in [3.63, 3.8) is 0 Å². The van der Waals surface area contributed by atoms with E-state index in [1.54, 1.807) is 23.9 Å². The van der Waals surface area contributed by atoms with E-state index >= 15 is 0 Å².